The fourth-order valence-electron chi connectivity index (χ4n) is 4.25. The number of carbonyl (C=O) groups is 1. The Labute approximate surface area is 190 Å². The summed E-state index contributed by atoms with van der Waals surface area (Å²) in [5, 5.41) is 0. The normalized spacial score (nSPS) is 12.2. The first-order chi connectivity index (χ1) is 14.8. The molecule has 0 aliphatic heterocycles. The lowest BCUT2D eigenvalue weighted by atomic mass is 9.94. The number of hydrogen-bond donors (Lipinski definition) is 0. The number of esters is 1. The minimum atomic E-state index is 0.0959. The second kappa shape index (κ2) is 24.7. The van der Waals surface area contributed by atoms with Gasteiger partial charge in [0.2, 0.25) is 0 Å². The van der Waals surface area contributed by atoms with E-state index in [1.54, 1.807) is 0 Å². The summed E-state index contributed by atoms with van der Waals surface area (Å²) in [5.74, 6) is 0.245. The Morgan fingerprint density at radius 1 is 0.500 bits per heavy atom. The van der Waals surface area contributed by atoms with E-state index in [9.17, 15) is 4.79 Å². The van der Waals surface area contributed by atoms with Gasteiger partial charge in [0.05, 0.1) is 12.5 Å². The van der Waals surface area contributed by atoms with Gasteiger partial charge >= 0.3 is 5.97 Å². The Morgan fingerprint density at radius 3 is 1.23 bits per heavy atom. The van der Waals surface area contributed by atoms with Crippen LogP contribution in [-0.2, 0) is 9.53 Å². The molecule has 2 heteroatoms. The molecular formula is C28H56O2. The molecule has 0 spiro atoms. The van der Waals surface area contributed by atoms with Crippen LogP contribution in [0, 0.1) is 5.92 Å². The molecule has 0 N–H and O–H groups in total. The largest absolute Gasteiger partial charge is 0.465 e. The molecule has 0 bridgehead atoms. The molecule has 0 radical (unpaired) electrons. The number of ether oxygens (including phenoxy) is 1. The molecule has 0 aliphatic carbocycles. The molecule has 0 rings (SSSR count). The first-order valence-electron chi connectivity index (χ1n) is 13.9. The van der Waals surface area contributed by atoms with Crippen molar-refractivity contribution >= 4 is 5.97 Å². The molecule has 0 heterocycles. The standard InChI is InChI=1S/C28H56O2/c1-4-7-10-13-15-16-17-20-23-26-30-28(29)27(24-21-18-12-9-6-3)25-22-19-14-11-8-5-2/h27H,4-26H2,1-3H3. The van der Waals surface area contributed by atoms with Gasteiger partial charge in [-0.2, -0.15) is 0 Å². The van der Waals surface area contributed by atoms with Gasteiger partial charge in [0, 0.05) is 0 Å². The third-order valence-electron chi connectivity index (χ3n) is 6.39. The van der Waals surface area contributed by atoms with Crippen LogP contribution < -0.4 is 0 Å². The SMILES string of the molecule is CCCCCCCCCCCOC(=O)C(CCCCCCC)CCCCCCCC. The number of rotatable bonds is 24. The molecule has 0 fully saturated rings. The quantitative estimate of drug-likeness (QED) is 0.114. The highest BCUT2D eigenvalue weighted by atomic mass is 16.5. The van der Waals surface area contributed by atoms with Gasteiger partial charge in [-0.1, -0.05) is 143 Å². The molecule has 0 saturated carbocycles. The maximum atomic E-state index is 12.6. The van der Waals surface area contributed by atoms with Gasteiger partial charge in [-0.3, -0.25) is 4.79 Å². The van der Waals surface area contributed by atoms with Crippen molar-refractivity contribution in [1.29, 1.82) is 0 Å². The van der Waals surface area contributed by atoms with Crippen LogP contribution in [0.25, 0.3) is 0 Å². The summed E-state index contributed by atoms with van der Waals surface area (Å²) in [6.45, 7) is 7.42. The summed E-state index contributed by atoms with van der Waals surface area (Å²) in [5.41, 5.74) is 0. The Morgan fingerprint density at radius 2 is 0.833 bits per heavy atom. The molecule has 0 aromatic carbocycles. The predicted molar refractivity (Wildman–Crippen MR) is 133 cm³/mol. The van der Waals surface area contributed by atoms with E-state index in [-0.39, 0.29) is 11.9 Å². The third-order valence-corrected chi connectivity index (χ3v) is 6.39. The van der Waals surface area contributed by atoms with Crippen molar-refractivity contribution < 1.29 is 9.53 Å². The van der Waals surface area contributed by atoms with E-state index in [2.05, 4.69) is 20.8 Å². The minimum absolute atomic E-state index is 0.0959. The molecule has 2 nitrogen and oxygen atoms in total. The van der Waals surface area contributed by atoms with Crippen molar-refractivity contribution in [3.63, 3.8) is 0 Å². The molecule has 0 amide bonds. The van der Waals surface area contributed by atoms with Gasteiger partial charge in [-0.05, 0) is 19.3 Å². The van der Waals surface area contributed by atoms with Gasteiger partial charge in [0.15, 0.2) is 0 Å². The van der Waals surface area contributed by atoms with Crippen molar-refractivity contribution in [3.05, 3.63) is 0 Å². The highest BCUT2D eigenvalue weighted by Gasteiger charge is 2.19. The molecule has 0 saturated heterocycles. The maximum absolute atomic E-state index is 12.6. The minimum Gasteiger partial charge on any atom is -0.465 e. The fraction of sp³-hybridized carbons (Fsp3) is 0.964. The summed E-state index contributed by atoms with van der Waals surface area (Å²) >= 11 is 0. The summed E-state index contributed by atoms with van der Waals surface area (Å²) < 4.78 is 5.70. The van der Waals surface area contributed by atoms with E-state index in [1.165, 1.54) is 122 Å². The average molecular weight is 425 g/mol. The number of carbonyl (C=O) groups excluding carboxylic acids is 1. The predicted octanol–water partition coefficient (Wildman–Crippen LogP) is 9.79. The summed E-state index contributed by atoms with van der Waals surface area (Å²) in [7, 11) is 0. The second-order valence-electron chi connectivity index (χ2n) is 9.45. The highest BCUT2D eigenvalue weighted by molar-refractivity contribution is 5.72. The molecule has 0 aromatic heterocycles. The lowest BCUT2D eigenvalue weighted by Crippen LogP contribution is -2.18. The second-order valence-corrected chi connectivity index (χ2v) is 9.45. The van der Waals surface area contributed by atoms with Gasteiger partial charge < -0.3 is 4.74 Å². The van der Waals surface area contributed by atoms with E-state index in [0.717, 1.165) is 19.3 Å². The van der Waals surface area contributed by atoms with Gasteiger partial charge in [-0.15, -0.1) is 0 Å². The van der Waals surface area contributed by atoms with Crippen LogP contribution in [0.5, 0.6) is 0 Å². The Hall–Kier alpha value is -0.530. The zero-order chi connectivity index (χ0) is 22.1. The monoisotopic (exact) mass is 424 g/mol. The molecule has 0 aromatic rings. The number of hydrogen-bond acceptors (Lipinski definition) is 2. The van der Waals surface area contributed by atoms with Gasteiger partial charge in [0.1, 0.15) is 0 Å². The molecule has 0 aliphatic rings. The Kier molecular flexibility index (Phi) is 24.3. The van der Waals surface area contributed by atoms with E-state index in [4.69, 9.17) is 4.74 Å². The topological polar surface area (TPSA) is 26.3 Å². The van der Waals surface area contributed by atoms with Gasteiger partial charge in [0.25, 0.3) is 0 Å². The van der Waals surface area contributed by atoms with Crippen LogP contribution in [0.15, 0.2) is 0 Å². The zero-order valence-electron chi connectivity index (χ0n) is 21.2. The molecule has 180 valence electrons. The van der Waals surface area contributed by atoms with E-state index < -0.39 is 0 Å². The van der Waals surface area contributed by atoms with E-state index in [0.29, 0.717) is 6.61 Å². The smallest absolute Gasteiger partial charge is 0.308 e. The lowest BCUT2D eigenvalue weighted by Gasteiger charge is -2.16. The van der Waals surface area contributed by atoms with Gasteiger partial charge in [-0.25, -0.2) is 0 Å². The third kappa shape index (κ3) is 20.7. The van der Waals surface area contributed by atoms with Crippen LogP contribution in [0.4, 0.5) is 0 Å². The van der Waals surface area contributed by atoms with Crippen molar-refractivity contribution in [2.45, 2.75) is 162 Å². The molecule has 30 heavy (non-hydrogen) atoms. The zero-order valence-corrected chi connectivity index (χ0v) is 21.2. The van der Waals surface area contributed by atoms with Crippen molar-refractivity contribution in [3.8, 4) is 0 Å². The fourth-order valence-corrected chi connectivity index (χ4v) is 4.25. The van der Waals surface area contributed by atoms with Crippen LogP contribution >= 0.6 is 0 Å². The van der Waals surface area contributed by atoms with Crippen molar-refractivity contribution in [2.24, 2.45) is 5.92 Å². The van der Waals surface area contributed by atoms with E-state index in [1.807, 2.05) is 0 Å². The van der Waals surface area contributed by atoms with Crippen LogP contribution in [0.3, 0.4) is 0 Å². The molecule has 1 unspecified atom stereocenters. The number of unbranched alkanes of at least 4 members (excludes halogenated alkanes) is 17. The van der Waals surface area contributed by atoms with Crippen molar-refractivity contribution in [2.75, 3.05) is 6.61 Å². The van der Waals surface area contributed by atoms with Crippen LogP contribution in [0.1, 0.15) is 162 Å². The lowest BCUT2D eigenvalue weighted by molar-refractivity contribution is -0.149. The van der Waals surface area contributed by atoms with Crippen LogP contribution in [-0.4, -0.2) is 12.6 Å². The first-order valence-corrected chi connectivity index (χ1v) is 13.9. The maximum Gasteiger partial charge on any atom is 0.308 e. The van der Waals surface area contributed by atoms with Crippen molar-refractivity contribution in [1.82, 2.24) is 0 Å². The average Bonchev–Trinajstić information content (AvgIpc) is 2.75. The first kappa shape index (κ1) is 29.5. The highest BCUT2D eigenvalue weighted by Crippen LogP contribution is 2.21. The van der Waals surface area contributed by atoms with Crippen LogP contribution in [0.2, 0.25) is 0 Å². The summed E-state index contributed by atoms with van der Waals surface area (Å²) in [6, 6.07) is 0. The summed E-state index contributed by atoms with van der Waals surface area (Å²) in [4.78, 5) is 12.6. The molecular weight excluding hydrogens is 368 g/mol. The molecule has 1 atom stereocenters. The van der Waals surface area contributed by atoms with E-state index >= 15 is 0 Å². The summed E-state index contributed by atoms with van der Waals surface area (Å²) in [6.07, 6.45) is 28.0. The Bertz CT molecular complexity index is 340. The Balaban J connectivity index is 3.92.